The third-order valence-corrected chi connectivity index (χ3v) is 5.36. The highest BCUT2D eigenvalue weighted by Gasteiger charge is 2.19. The maximum Gasteiger partial charge on any atom is 0.0328 e. The van der Waals surface area contributed by atoms with Gasteiger partial charge in [-0.3, -0.25) is 4.90 Å². The molecule has 0 bridgehead atoms. The lowest BCUT2D eigenvalue weighted by atomic mass is 9.95. The summed E-state index contributed by atoms with van der Waals surface area (Å²) in [5.74, 6) is 0. The van der Waals surface area contributed by atoms with Crippen LogP contribution in [0.4, 0.5) is 0 Å². The van der Waals surface area contributed by atoms with Crippen molar-refractivity contribution in [1.82, 2.24) is 10.2 Å². The summed E-state index contributed by atoms with van der Waals surface area (Å²) in [5, 5.41) is 3.60. The zero-order valence-corrected chi connectivity index (χ0v) is 13.6. The Balaban J connectivity index is 1.92. The second-order valence-electron chi connectivity index (χ2n) is 6.64. The first-order valence-corrected chi connectivity index (χ1v) is 8.35. The molecule has 1 saturated heterocycles. The van der Waals surface area contributed by atoms with Crippen molar-refractivity contribution in [2.24, 2.45) is 0 Å². The molecule has 2 heterocycles. The van der Waals surface area contributed by atoms with Gasteiger partial charge in [0.25, 0.3) is 0 Å². The summed E-state index contributed by atoms with van der Waals surface area (Å²) in [7, 11) is 0. The molecule has 0 amide bonds. The average molecular weight is 280 g/mol. The van der Waals surface area contributed by atoms with Crippen LogP contribution in [-0.4, -0.2) is 30.6 Å². The lowest BCUT2D eigenvalue weighted by molar-refractivity contribution is 0.255. The van der Waals surface area contributed by atoms with Gasteiger partial charge in [0.15, 0.2) is 0 Å². The summed E-state index contributed by atoms with van der Waals surface area (Å²) in [6.45, 7) is 13.8. The first-order valence-electron chi connectivity index (χ1n) is 7.54. The van der Waals surface area contributed by atoms with Crippen molar-refractivity contribution in [3.8, 4) is 0 Å². The molecule has 3 heteroatoms. The molecular weight excluding hydrogens is 252 g/mol. The second-order valence-corrected chi connectivity index (χ2v) is 7.81. The Morgan fingerprint density at radius 3 is 2.68 bits per heavy atom. The Bertz CT molecular complexity index is 386. The smallest absolute Gasteiger partial charge is 0.0328 e. The molecule has 1 atom stereocenters. The van der Waals surface area contributed by atoms with Crippen LogP contribution in [0.25, 0.3) is 0 Å². The first-order chi connectivity index (χ1) is 8.99. The van der Waals surface area contributed by atoms with Gasteiger partial charge in [0.1, 0.15) is 0 Å². The van der Waals surface area contributed by atoms with Crippen LogP contribution in [0.5, 0.6) is 0 Å². The van der Waals surface area contributed by atoms with Crippen LogP contribution in [0.3, 0.4) is 0 Å². The molecule has 1 fully saturated rings. The molecule has 1 aliphatic rings. The van der Waals surface area contributed by atoms with Crippen LogP contribution in [0.1, 0.15) is 50.3 Å². The van der Waals surface area contributed by atoms with Crippen LogP contribution in [-0.2, 0) is 12.0 Å². The average Bonchev–Trinajstić information content (AvgIpc) is 2.98. The van der Waals surface area contributed by atoms with E-state index in [0.29, 0.717) is 6.04 Å². The van der Waals surface area contributed by atoms with Crippen molar-refractivity contribution < 1.29 is 0 Å². The summed E-state index contributed by atoms with van der Waals surface area (Å²) < 4.78 is 0. The van der Waals surface area contributed by atoms with Crippen LogP contribution >= 0.6 is 11.3 Å². The molecule has 19 heavy (non-hydrogen) atoms. The Labute approximate surface area is 122 Å². The largest absolute Gasteiger partial charge is 0.313 e. The van der Waals surface area contributed by atoms with Crippen LogP contribution < -0.4 is 5.32 Å². The molecule has 1 unspecified atom stereocenters. The van der Waals surface area contributed by atoms with Gasteiger partial charge in [-0.1, -0.05) is 27.7 Å². The summed E-state index contributed by atoms with van der Waals surface area (Å²) >= 11 is 1.98. The monoisotopic (exact) mass is 280 g/mol. The lowest BCUT2D eigenvalue weighted by Gasteiger charge is -2.23. The fourth-order valence-electron chi connectivity index (χ4n) is 2.62. The van der Waals surface area contributed by atoms with E-state index < -0.39 is 0 Å². The maximum absolute atomic E-state index is 3.60. The molecule has 1 N–H and O–H groups in total. The van der Waals surface area contributed by atoms with E-state index in [-0.39, 0.29) is 5.41 Å². The van der Waals surface area contributed by atoms with Gasteiger partial charge in [-0.2, -0.15) is 0 Å². The number of likely N-dealkylation sites (N-methyl/N-ethyl adjacent to an activating group) is 1. The van der Waals surface area contributed by atoms with Crippen molar-refractivity contribution in [1.29, 1.82) is 0 Å². The minimum Gasteiger partial charge on any atom is -0.313 e. The van der Waals surface area contributed by atoms with Crippen molar-refractivity contribution in [3.05, 3.63) is 21.9 Å². The second kappa shape index (κ2) is 6.38. The Morgan fingerprint density at radius 2 is 2.16 bits per heavy atom. The Kier molecular flexibility index (Phi) is 5.04. The Morgan fingerprint density at radius 1 is 1.37 bits per heavy atom. The molecule has 0 aromatic carbocycles. The van der Waals surface area contributed by atoms with Crippen molar-refractivity contribution in [2.75, 3.05) is 19.6 Å². The van der Waals surface area contributed by atoms with Gasteiger partial charge in [-0.15, -0.1) is 11.3 Å². The molecule has 2 nitrogen and oxygen atoms in total. The fraction of sp³-hybridized carbons (Fsp3) is 0.750. The number of hydrogen-bond donors (Lipinski definition) is 1. The predicted molar refractivity (Wildman–Crippen MR) is 85.0 cm³/mol. The van der Waals surface area contributed by atoms with E-state index in [4.69, 9.17) is 0 Å². The zero-order valence-electron chi connectivity index (χ0n) is 12.8. The summed E-state index contributed by atoms with van der Waals surface area (Å²) in [6.07, 6.45) is 2.68. The van der Waals surface area contributed by atoms with E-state index in [2.05, 4.69) is 50.0 Å². The fourth-order valence-corrected chi connectivity index (χ4v) is 3.72. The molecule has 0 spiro atoms. The molecule has 0 saturated carbocycles. The van der Waals surface area contributed by atoms with E-state index in [1.54, 1.807) is 0 Å². The maximum atomic E-state index is 3.60. The molecule has 2 rings (SSSR count). The summed E-state index contributed by atoms with van der Waals surface area (Å²) in [6, 6.07) is 5.33. The van der Waals surface area contributed by atoms with Gasteiger partial charge in [0, 0.05) is 28.9 Å². The zero-order chi connectivity index (χ0) is 13.9. The van der Waals surface area contributed by atoms with Crippen molar-refractivity contribution in [2.45, 2.75) is 58.5 Å². The van der Waals surface area contributed by atoms with Gasteiger partial charge in [0.05, 0.1) is 0 Å². The summed E-state index contributed by atoms with van der Waals surface area (Å²) in [4.78, 5) is 5.57. The topological polar surface area (TPSA) is 15.3 Å². The van der Waals surface area contributed by atoms with Crippen LogP contribution in [0, 0.1) is 0 Å². The van der Waals surface area contributed by atoms with E-state index in [1.807, 2.05) is 11.3 Å². The minimum absolute atomic E-state index is 0.285. The highest BCUT2D eigenvalue weighted by atomic mass is 32.1. The van der Waals surface area contributed by atoms with Crippen molar-refractivity contribution in [3.63, 3.8) is 0 Å². The SMILES string of the molecule is CCN(Cc1ccc(C(C)(C)C)s1)CC1CCCN1. The van der Waals surface area contributed by atoms with Gasteiger partial charge < -0.3 is 5.32 Å². The highest BCUT2D eigenvalue weighted by Crippen LogP contribution is 2.30. The van der Waals surface area contributed by atoms with E-state index in [1.165, 1.54) is 35.7 Å². The highest BCUT2D eigenvalue weighted by molar-refractivity contribution is 7.12. The molecular formula is C16H28N2S. The minimum atomic E-state index is 0.285. The normalized spacial score (nSPS) is 20.4. The number of hydrogen-bond acceptors (Lipinski definition) is 3. The molecule has 1 aliphatic heterocycles. The third kappa shape index (κ3) is 4.30. The molecule has 1 aromatic heterocycles. The van der Waals surface area contributed by atoms with Gasteiger partial charge in [-0.25, -0.2) is 0 Å². The van der Waals surface area contributed by atoms with Gasteiger partial charge in [0.2, 0.25) is 0 Å². The van der Waals surface area contributed by atoms with Crippen LogP contribution in [0.2, 0.25) is 0 Å². The molecule has 0 radical (unpaired) electrons. The predicted octanol–water partition coefficient (Wildman–Crippen LogP) is 3.62. The first kappa shape index (κ1) is 15.0. The van der Waals surface area contributed by atoms with Gasteiger partial charge in [-0.05, 0) is 43.5 Å². The Hall–Kier alpha value is -0.380. The number of nitrogens with zero attached hydrogens (tertiary/aromatic N) is 1. The lowest BCUT2D eigenvalue weighted by Crippen LogP contribution is -2.36. The van der Waals surface area contributed by atoms with Crippen LogP contribution in [0.15, 0.2) is 12.1 Å². The van der Waals surface area contributed by atoms with E-state index in [0.717, 1.165) is 13.1 Å². The number of thiophene rings is 1. The molecule has 108 valence electrons. The summed E-state index contributed by atoms with van der Waals surface area (Å²) in [5.41, 5.74) is 0.285. The standard InChI is InChI=1S/C16H28N2S/c1-5-18(11-13-7-6-10-17-13)12-14-8-9-15(19-14)16(2,3)4/h8-9,13,17H,5-7,10-12H2,1-4H3. The quantitative estimate of drug-likeness (QED) is 0.886. The van der Waals surface area contributed by atoms with E-state index in [9.17, 15) is 0 Å². The third-order valence-electron chi connectivity index (χ3n) is 3.87. The molecule has 0 aliphatic carbocycles. The van der Waals surface area contributed by atoms with E-state index >= 15 is 0 Å². The molecule has 1 aromatic rings. The van der Waals surface area contributed by atoms with Crippen molar-refractivity contribution >= 4 is 11.3 Å². The number of rotatable bonds is 5. The van der Waals surface area contributed by atoms with Gasteiger partial charge >= 0.3 is 0 Å². The number of nitrogens with one attached hydrogen (secondary N) is 1.